The molecule has 1 saturated heterocycles. The molecule has 0 aromatic heterocycles. The van der Waals surface area contributed by atoms with Gasteiger partial charge in [0.1, 0.15) is 11.6 Å². The van der Waals surface area contributed by atoms with Crippen molar-refractivity contribution in [1.82, 2.24) is 4.90 Å². The van der Waals surface area contributed by atoms with Gasteiger partial charge in [-0.2, -0.15) is 0 Å². The average molecular weight is 349 g/mol. The van der Waals surface area contributed by atoms with Crippen LogP contribution in [0.5, 0.6) is 5.75 Å². The van der Waals surface area contributed by atoms with Crippen molar-refractivity contribution < 1.29 is 17.5 Å². The van der Waals surface area contributed by atoms with E-state index in [-0.39, 0.29) is 23.4 Å². The molecule has 1 fully saturated rings. The lowest BCUT2D eigenvalue weighted by Gasteiger charge is -2.36. The molecule has 24 heavy (non-hydrogen) atoms. The molecule has 6 heteroatoms. The van der Waals surface area contributed by atoms with E-state index in [2.05, 4.69) is 4.90 Å². The summed E-state index contributed by atoms with van der Waals surface area (Å²) in [7, 11) is -1.53. The normalized spacial score (nSPS) is 20.7. The second kappa shape index (κ2) is 6.91. The summed E-state index contributed by atoms with van der Waals surface area (Å²) in [5.74, 6) is 0.478. The summed E-state index contributed by atoms with van der Waals surface area (Å²) in [5.41, 5.74) is 1.67. The fourth-order valence-corrected chi connectivity index (χ4v) is 4.67. The predicted octanol–water partition coefficient (Wildman–Crippen LogP) is 2.81. The summed E-state index contributed by atoms with van der Waals surface area (Å²) in [5, 5.41) is 0. The van der Waals surface area contributed by atoms with Crippen LogP contribution in [0.4, 0.5) is 4.39 Å². The van der Waals surface area contributed by atoms with Crippen LogP contribution in [0.25, 0.3) is 0 Å². The quantitative estimate of drug-likeness (QED) is 0.852. The monoisotopic (exact) mass is 349 g/mol. The van der Waals surface area contributed by atoms with Gasteiger partial charge in [0.25, 0.3) is 0 Å². The Morgan fingerprint density at radius 2 is 1.96 bits per heavy atom. The fourth-order valence-electron chi connectivity index (χ4n) is 3.10. The molecule has 0 aliphatic carbocycles. The fraction of sp³-hybridized carbons (Fsp3) is 0.333. The lowest BCUT2D eigenvalue weighted by atomic mass is 10.1. The zero-order valence-corrected chi connectivity index (χ0v) is 14.3. The minimum Gasteiger partial charge on any atom is -0.496 e. The molecular formula is C18H20FNO3S. The Kier molecular flexibility index (Phi) is 4.87. The van der Waals surface area contributed by atoms with Crippen molar-refractivity contribution >= 4 is 9.84 Å². The maximum atomic E-state index is 13.6. The second-order valence-corrected chi connectivity index (χ2v) is 8.20. The molecule has 1 atom stereocenters. The molecule has 1 aliphatic heterocycles. The van der Waals surface area contributed by atoms with Gasteiger partial charge in [0.2, 0.25) is 0 Å². The molecule has 4 nitrogen and oxygen atoms in total. The molecule has 0 amide bonds. The van der Waals surface area contributed by atoms with Crippen LogP contribution in [0.2, 0.25) is 0 Å². The number of hydrogen-bond donors (Lipinski definition) is 0. The summed E-state index contributed by atoms with van der Waals surface area (Å²) in [6.07, 6.45) is 0. The van der Waals surface area contributed by atoms with Crippen molar-refractivity contribution in [2.24, 2.45) is 0 Å². The Bertz CT molecular complexity index is 808. The molecule has 1 aliphatic rings. The topological polar surface area (TPSA) is 46.6 Å². The lowest BCUT2D eigenvalue weighted by molar-refractivity contribution is 0.203. The standard InChI is InChI=1S/C18H20FNO3S/c1-23-18-8-7-16(19)11-15(18)12-20-9-10-24(21,22)13-17(20)14-5-3-2-4-6-14/h2-8,11,17H,9-10,12-13H2,1H3/t17-/m0/s1. The minimum absolute atomic E-state index is 0.0780. The van der Waals surface area contributed by atoms with E-state index in [1.807, 2.05) is 30.3 Å². The smallest absolute Gasteiger partial charge is 0.153 e. The number of hydrogen-bond acceptors (Lipinski definition) is 4. The zero-order chi connectivity index (χ0) is 17.2. The van der Waals surface area contributed by atoms with Crippen molar-refractivity contribution in [1.29, 1.82) is 0 Å². The summed E-state index contributed by atoms with van der Waals surface area (Å²) in [6, 6.07) is 13.7. The van der Waals surface area contributed by atoms with E-state index in [1.165, 1.54) is 12.1 Å². The van der Waals surface area contributed by atoms with Crippen LogP contribution in [0.3, 0.4) is 0 Å². The van der Waals surface area contributed by atoms with Gasteiger partial charge in [-0.25, -0.2) is 12.8 Å². The molecule has 0 bridgehead atoms. The van der Waals surface area contributed by atoms with Crippen LogP contribution in [0.15, 0.2) is 48.5 Å². The lowest BCUT2D eigenvalue weighted by Crippen LogP contribution is -2.42. The minimum atomic E-state index is -3.08. The number of nitrogens with zero attached hydrogens (tertiary/aromatic N) is 1. The first-order valence-corrected chi connectivity index (χ1v) is 9.62. The van der Waals surface area contributed by atoms with Gasteiger partial charge in [-0.3, -0.25) is 4.90 Å². The highest BCUT2D eigenvalue weighted by atomic mass is 32.2. The Hall–Kier alpha value is -1.92. The van der Waals surface area contributed by atoms with Crippen molar-refractivity contribution in [3.8, 4) is 5.75 Å². The third-order valence-electron chi connectivity index (χ3n) is 4.34. The maximum Gasteiger partial charge on any atom is 0.153 e. The van der Waals surface area contributed by atoms with Gasteiger partial charge in [0.05, 0.1) is 18.6 Å². The predicted molar refractivity (Wildman–Crippen MR) is 91.2 cm³/mol. The first kappa shape index (κ1) is 16.9. The van der Waals surface area contributed by atoms with E-state index in [0.717, 1.165) is 11.1 Å². The highest BCUT2D eigenvalue weighted by Gasteiger charge is 2.32. The molecule has 1 heterocycles. The molecule has 3 rings (SSSR count). The van der Waals surface area contributed by atoms with Crippen LogP contribution < -0.4 is 4.74 Å². The van der Waals surface area contributed by atoms with Gasteiger partial charge in [-0.1, -0.05) is 30.3 Å². The molecule has 0 unspecified atom stereocenters. The second-order valence-electron chi connectivity index (χ2n) is 5.97. The SMILES string of the molecule is COc1ccc(F)cc1CN1CCS(=O)(=O)C[C@H]1c1ccccc1. The molecule has 2 aromatic rings. The number of sulfone groups is 1. The summed E-state index contributed by atoms with van der Waals surface area (Å²) in [4.78, 5) is 2.08. The van der Waals surface area contributed by atoms with Crippen LogP contribution >= 0.6 is 0 Å². The van der Waals surface area contributed by atoms with Crippen molar-refractivity contribution in [2.75, 3.05) is 25.2 Å². The summed E-state index contributed by atoms with van der Waals surface area (Å²) < 4.78 is 43.1. The Morgan fingerprint density at radius 1 is 1.21 bits per heavy atom. The number of methoxy groups -OCH3 is 1. The molecule has 0 spiro atoms. The van der Waals surface area contributed by atoms with Crippen LogP contribution in [0, 0.1) is 5.82 Å². The Labute approximate surface area is 141 Å². The van der Waals surface area contributed by atoms with Gasteiger partial charge < -0.3 is 4.74 Å². The van der Waals surface area contributed by atoms with E-state index in [0.29, 0.717) is 18.8 Å². The summed E-state index contributed by atoms with van der Waals surface area (Å²) >= 11 is 0. The van der Waals surface area contributed by atoms with Crippen molar-refractivity contribution in [3.05, 3.63) is 65.5 Å². The largest absolute Gasteiger partial charge is 0.496 e. The third-order valence-corrected chi connectivity index (χ3v) is 5.97. The van der Waals surface area contributed by atoms with E-state index in [1.54, 1.807) is 13.2 Å². The van der Waals surface area contributed by atoms with Crippen LogP contribution in [-0.2, 0) is 16.4 Å². The Balaban J connectivity index is 1.92. The highest BCUT2D eigenvalue weighted by Crippen LogP contribution is 2.30. The van der Waals surface area contributed by atoms with Gasteiger partial charge in [-0.05, 0) is 23.8 Å². The average Bonchev–Trinajstić information content (AvgIpc) is 2.57. The zero-order valence-electron chi connectivity index (χ0n) is 13.5. The Morgan fingerprint density at radius 3 is 2.67 bits per heavy atom. The summed E-state index contributed by atoms with van der Waals surface area (Å²) in [6.45, 7) is 0.859. The van der Waals surface area contributed by atoms with Crippen LogP contribution in [0.1, 0.15) is 17.2 Å². The van der Waals surface area contributed by atoms with Gasteiger partial charge in [0.15, 0.2) is 9.84 Å². The number of halogens is 1. The third kappa shape index (κ3) is 3.76. The molecule has 0 N–H and O–H groups in total. The van der Waals surface area contributed by atoms with E-state index in [4.69, 9.17) is 4.74 Å². The molecule has 128 valence electrons. The first-order chi connectivity index (χ1) is 11.5. The van der Waals surface area contributed by atoms with E-state index >= 15 is 0 Å². The molecular weight excluding hydrogens is 329 g/mol. The highest BCUT2D eigenvalue weighted by molar-refractivity contribution is 7.91. The van der Waals surface area contributed by atoms with Crippen LogP contribution in [-0.4, -0.2) is 38.5 Å². The van der Waals surface area contributed by atoms with Gasteiger partial charge in [0, 0.05) is 24.7 Å². The number of ether oxygens (including phenoxy) is 1. The molecule has 2 aromatic carbocycles. The van der Waals surface area contributed by atoms with Gasteiger partial charge in [-0.15, -0.1) is 0 Å². The molecule has 0 saturated carbocycles. The number of benzene rings is 2. The number of rotatable bonds is 4. The van der Waals surface area contributed by atoms with E-state index in [9.17, 15) is 12.8 Å². The van der Waals surface area contributed by atoms with Gasteiger partial charge >= 0.3 is 0 Å². The first-order valence-electron chi connectivity index (χ1n) is 7.80. The van der Waals surface area contributed by atoms with Crippen molar-refractivity contribution in [3.63, 3.8) is 0 Å². The maximum absolute atomic E-state index is 13.6. The van der Waals surface area contributed by atoms with Crippen molar-refractivity contribution in [2.45, 2.75) is 12.6 Å². The molecule has 0 radical (unpaired) electrons. The van der Waals surface area contributed by atoms with E-state index < -0.39 is 9.84 Å².